The number of phenolic OH excluding ortho intramolecular Hbond substituents is 1. The number of carbonyl (C=O) groups is 4. The van der Waals surface area contributed by atoms with Crippen molar-refractivity contribution in [1.29, 1.82) is 0 Å². The molecule has 0 radical (unpaired) electrons. The van der Waals surface area contributed by atoms with Gasteiger partial charge in [-0.25, -0.2) is 0 Å². The van der Waals surface area contributed by atoms with Crippen LogP contribution in [0.4, 0.5) is 0 Å². The maximum atomic E-state index is 15.5. The van der Waals surface area contributed by atoms with Gasteiger partial charge in [-0.1, -0.05) is 54.6 Å². The molecule has 7 fully saturated rings. The van der Waals surface area contributed by atoms with Crippen molar-refractivity contribution in [3.05, 3.63) is 71.3 Å². The number of para-hydroxylation sites is 1. The highest BCUT2D eigenvalue weighted by molar-refractivity contribution is 5.96. The maximum Gasteiger partial charge on any atom is 0.327 e. The molecule has 0 spiro atoms. The van der Waals surface area contributed by atoms with Gasteiger partial charge < -0.3 is 39.4 Å². The van der Waals surface area contributed by atoms with E-state index in [2.05, 4.69) is 5.32 Å². The summed E-state index contributed by atoms with van der Waals surface area (Å²) in [4.78, 5) is 64.9. The minimum atomic E-state index is -1.43. The van der Waals surface area contributed by atoms with Crippen LogP contribution in [-0.2, 0) is 55.9 Å². The Hall–Kier alpha value is -4.34. The lowest BCUT2D eigenvalue weighted by atomic mass is 9.62. The summed E-state index contributed by atoms with van der Waals surface area (Å²) >= 11 is 0. The van der Waals surface area contributed by atoms with E-state index in [9.17, 15) is 24.6 Å². The van der Waals surface area contributed by atoms with Crippen molar-refractivity contribution in [2.24, 2.45) is 17.3 Å². The number of nitrogens with zero attached hydrogens (tertiary/aromatic N) is 2. The van der Waals surface area contributed by atoms with Gasteiger partial charge in [-0.3, -0.25) is 24.0 Å². The van der Waals surface area contributed by atoms with Gasteiger partial charge in [-0.15, -0.1) is 0 Å². The Bertz CT molecular complexity index is 2010. The van der Waals surface area contributed by atoms with Crippen molar-refractivity contribution >= 4 is 29.8 Å². The molecule has 7 aliphatic rings. The molecule has 0 unspecified atom stereocenters. The quantitative estimate of drug-likeness (QED) is 0.231. The van der Waals surface area contributed by atoms with Crippen molar-refractivity contribution in [2.45, 2.75) is 145 Å². The van der Waals surface area contributed by atoms with Crippen LogP contribution in [-0.4, -0.2) is 111 Å². The lowest BCUT2D eigenvalue weighted by molar-refractivity contribution is -0.235. The standard InChI is InChI=1S/C46H57N3O11/c1-44(2,3)57-36(52)21-20-32(26-50)47-41(53)33-14-8-22-48(33)43(55)45-24-35-37-38(59-46(58-37,30-16-17-30)31-18-19-31)40(45)60-49(39(45)42(54)56-35)25-28-11-6-9-27(23-28)10-7-13-29-12-4-5-15-34(29)51/h4-7,9-12,15,23,30-33,35,37-40,50-51H,8,13-14,16-22,24-26H2,1-3H3,(H,47,53)/t32-,33+,35+,37-,38-,39-,40+,45-/m0/s1. The summed E-state index contributed by atoms with van der Waals surface area (Å²) < 4.78 is 25.6. The number of nitrogens with one attached hydrogen (secondary N) is 1. The molecule has 8 atom stereocenters. The number of likely N-dealkylation sites (tertiary alicyclic amines) is 1. The third-order valence-corrected chi connectivity index (χ3v) is 13.3. The molecule has 3 aliphatic carbocycles. The number of benzene rings is 2. The molecule has 2 bridgehead atoms. The van der Waals surface area contributed by atoms with Gasteiger partial charge in [0.1, 0.15) is 47.2 Å². The number of hydrogen-bond donors (Lipinski definition) is 3. The summed E-state index contributed by atoms with van der Waals surface area (Å²) in [5, 5.41) is 24.9. The van der Waals surface area contributed by atoms with Gasteiger partial charge in [-0.05, 0) is 94.9 Å². The monoisotopic (exact) mass is 827 g/mol. The molecule has 2 amide bonds. The van der Waals surface area contributed by atoms with E-state index >= 15 is 4.79 Å². The average Bonchev–Trinajstić information content (AvgIpc) is 4.13. The Morgan fingerprint density at radius 2 is 1.77 bits per heavy atom. The lowest BCUT2D eigenvalue weighted by Crippen LogP contribution is -2.70. The number of fused-ring (bicyclic) bond motifs is 4. The third-order valence-electron chi connectivity index (χ3n) is 13.3. The van der Waals surface area contributed by atoms with Crippen LogP contribution in [0.15, 0.2) is 54.6 Å². The van der Waals surface area contributed by atoms with E-state index in [1.54, 1.807) is 42.9 Å². The summed E-state index contributed by atoms with van der Waals surface area (Å²) in [5.74, 6) is -1.88. The number of phenols is 1. The maximum absolute atomic E-state index is 15.5. The Kier molecular flexibility index (Phi) is 10.8. The van der Waals surface area contributed by atoms with E-state index in [1.165, 1.54) is 0 Å². The number of aliphatic hydroxyl groups excluding tert-OH is 1. The number of carbonyl (C=O) groups excluding carboxylic acids is 4. The van der Waals surface area contributed by atoms with Crippen molar-refractivity contribution in [2.75, 3.05) is 13.2 Å². The van der Waals surface area contributed by atoms with Gasteiger partial charge in [0, 0.05) is 31.2 Å². The van der Waals surface area contributed by atoms with Crippen LogP contribution in [0, 0.1) is 17.3 Å². The first-order chi connectivity index (χ1) is 28.8. The molecule has 4 heterocycles. The van der Waals surface area contributed by atoms with E-state index in [0.29, 0.717) is 25.8 Å². The largest absolute Gasteiger partial charge is 0.508 e. The molecular formula is C46H57N3O11. The summed E-state index contributed by atoms with van der Waals surface area (Å²) in [6, 6.07) is 12.4. The van der Waals surface area contributed by atoms with Crippen molar-refractivity contribution < 1.29 is 53.2 Å². The summed E-state index contributed by atoms with van der Waals surface area (Å²) in [6.07, 6.45) is 6.84. The van der Waals surface area contributed by atoms with E-state index in [-0.39, 0.29) is 49.3 Å². The van der Waals surface area contributed by atoms with E-state index in [0.717, 1.165) is 42.4 Å². The molecule has 3 saturated carbocycles. The molecule has 4 aliphatic heterocycles. The predicted molar refractivity (Wildman–Crippen MR) is 215 cm³/mol. The fraction of sp³-hybridized carbons (Fsp3) is 0.609. The zero-order valence-electron chi connectivity index (χ0n) is 34.6. The van der Waals surface area contributed by atoms with Crippen molar-refractivity contribution in [3.63, 3.8) is 0 Å². The van der Waals surface area contributed by atoms with E-state index in [4.69, 9.17) is 23.8 Å². The second-order valence-electron chi connectivity index (χ2n) is 18.8. The first-order valence-corrected chi connectivity index (χ1v) is 21.8. The number of esters is 2. The highest BCUT2D eigenvalue weighted by atomic mass is 16.8. The minimum Gasteiger partial charge on any atom is -0.508 e. The smallest absolute Gasteiger partial charge is 0.327 e. The minimum absolute atomic E-state index is 0.00447. The first-order valence-electron chi connectivity index (χ1n) is 21.8. The van der Waals surface area contributed by atoms with Gasteiger partial charge in [0.15, 0.2) is 11.8 Å². The van der Waals surface area contributed by atoms with Gasteiger partial charge in [0.05, 0.1) is 19.2 Å². The van der Waals surface area contributed by atoms with E-state index < -0.39 is 83.8 Å². The van der Waals surface area contributed by atoms with Crippen LogP contribution >= 0.6 is 0 Å². The third kappa shape index (κ3) is 7.63. The molecule has 14 heteroatoms. The fourth-order valence-electron chi connectivity index (χ4n) is 10.4. The SMILES string of the molecule is CC(C)(C)OC(=O)CC[C@@H](CO)NC(=O)[C@H]1CCCN1C(=O)[C@@]12C[C@H]3OC(=O)[C@@H]1N(Cc1cccc(C=CCc4ccccc4O)c1)O[C@@H]2[C@H]1OC(C2CC2)(C2CC2)O[C@H]13. The fourth-order valence-corrected chi connectivity index (χ4v) is 10.4. The molecule has 9 rings (SSSR count). The number of amides is 2. The zero-order chi connectivity index (χ0) is 42.0. The number of aromatic hydroxyl groups is 1. The van der Waals surface area contributed by atoms with Crippen molar-refractivity contribution in [3.8, 4) is 5.75 Å². The molecule has 0 aromatic heterocycles. The normalized spacial score (nSPS) is 31.2. The summed E-state index contributed by atoms with van der Waals surface area (Å²) in [6.45, 7) is 5.41. The van der Waals surface area contributed by atoms with Crippen LogP contribution in [0.2, 0.25) is 0 Å². The Morgan fingerprint density at radius 1 is 1.02 bits per heavy atom. The van der Waals surface area contributed by atoms with Crippen LogP contribution < -0.4 is 5.32 Å². The lowest BCUT2D eigenvalue weighted by Gasteiger charge is -2.50. The van der Waals surface area contributed by atoms with Crippen LogP contribution in [0.1, 0.15) is 95.2 Å². The molecule has 3 N–H and O–H groups in total. The first kappa shape index (κ1) is 41.0. The average molecular weight is 828 g/mol. The zero-order valence-corrected chi connectivity index (χ0v) is 34.6. The second kappa shape index (κ2) is 15.8. The Labute approximate surface area is 350 Å². The molecule has 322 valence electrons. The second-order valence-corrected chi connectivity index (χ2v) is 18.8. The number of hydrogen-bond acceptors (Lipinski definition) is 12. The summed E-state index contributed by atoms with van der Waals surface area (Å²) in [5.41, 5.74) is 0.487. The number of allylic oxidation sites excluding steroid dienone is 1. The predicted octanol–water partition coefficient (Wildman–Crippen LogP) is 4.34. The molecule has 2 aromatic rings. The highest BCUT2D eigenvalue weighted by Crippen LogP contribution is 2.64. The van der Waals surface area contributed by atoms with Crippen LogP contribution in [0.25, 0.3) is 6.08 Å². The summed E-state index contributed by atoms with van der Waals surface area (Å²) in [7, 11) is 0. The van der Waals surface area contributed by atoms with Gasteiger partial charge in [0.25, 0.3) is 0 Å². The van der Waals surface area contributed by atoms with Gasteiger partial charge in [0.2, 0.25) is 11.8 Å². The molecule has 2 aromatic carbocycles. The molecule has 60 heavy (non-hydrogen) atoms. The Balaban J connectivity index is 0.986. The number of hydroxylamine groups is 2. The van der Waals surface area contributed by atoms with Crippen molar-refractivity contribution in [1.82, 2.24) is 15.3 Å². The van der Waals surface area contributed by atoms with Crippen LogP contribution in [0.5, 0.6) is 5.75 Å². The number of ether oxygens (including phenoxy) is 4. The number of aliphatic hydroxyl groups is 1. The Morgan fingerprint density at radius 3 is 2.48 bits per heavy atom. The molecule has 4 saturated heterocycles. The highest BCUT2D eigenvalue weighted by Gasteiger charge is 2.78. The number of rotatable bonds is 14. The van der Waals surface area contributed by atoms with Gasteiger partial charge >= 0.3 is 11.9 Å². The molecular weight excluding hydrogens is 771 g/mol. The van der Waals surface area contributed by atoms with Gasteiger partial charge in [-0.2, -0.15) is 5.06 Å². The molecule has 14 nitrogen and oxygen atoms in total. The van der Waals surface area contributed by atoms with E-state index in [1.807, 2.05) is 48.6 Å². The topological polar surface area (TPSA) is 173 Å². The van der Waals surface area contributed by atoms with Crippen LogP contribution in [0.3, 0.4) is 0 Å².